The maximum Gasteiger partial charge on any atom is 0.0894 e. The molecule has 2 saturated carbocycles. The zero-order chi connectivity index (χ0) is 21.8. The molecule has 9 rings (SSSR count). The van der Waals surface area contributed by atoms with Crippen LogP contribution in [0, 0.1) is 22.7 Å². The highest BCUT2D eigenvalue weighted by molar-refractivity contribution is 5.63. The topological polar surface area (TPSA) is 38.7 Å². The average Bonchev–Trinajstić information content (AvgIpc) is 2.82. The zero-order valence-electron chi connectivity index (χ0n) is 19.5. The second-order valence-corrected chi connectivity index (χ2v) is 11.9. The van der Waals surface area contributed by atoms with E-state index in [4.69, 9.17) is 15.0 Å². The van der Waals surface area contributed by atoms with Crippen molar-refractivity contribution in [2.75, 3.05) is 0 Å². The van der Waals surface area contributed by atoms with E-state index in [-0.39, 0.29) is 0 Å². The van der Waals surface area contributed by atoms with Crippen LogP contribution in [0.5, 0.6) is 0 Å². The first-order valence-electron chi connectivity index (χ1n) is 12.3. The Balaban J connectivity index is 1.22. The highest BCUT2D eigenvalue weighted by atomic mass is 14.8. The molecule has 3 aromatic heterocycles. The minimum atomic E-state index is 0.433. The minimum absolute atomic E-state index is 0.433. The Bertz CT molecular complexity index is 1180. The zero-order valence-corrected chi connectivity index (χ0v) is 19.5. The van der Waals surface area contributed by atoms with E-state index in [1.807, 2.05) is 0 Å². The van der Waals surface area contributed by atoms with E-state index in [1.54, 1.807) is 0 Å². The molecule has 3 nitrogen and oxygen atoms in total. The molecule has 162 valence electrons. The van der Waals surface area contributed by atoms with Gasteiger partial charge < -0.3 is 0 Å². The Morgan fingerprint density at radius 2 is 1.03 bits per heavy atom. The summed E-state index contributed by atoms with van der Waals surface area (Å²) in [7, 11) is 0. The lowest BCUT2D eigenvalue weighted by Crippen LogP contribution is -2.48. The van der Waals surface area contributed by atoms with E-state index in [0.717, 1.165) is 47.5 Å². The first-order chi connectivity index (χ1) is 15.3. The van der Waals surface area contributed by atoms with Crippen molar-refractivity contribution in [3.63, 3.8) is 0 Å². The Labute approximate surface area is 190 Å². The Hall–Kier alpha value is -2.55. The molecule has 4 unspecified atom stereocenters. The van der Waals surface area contributed by atoms with E-state index in [2.05, 4.69) is 70.2 Å². The second kappa shape index (κ2) is 6.07. The summed E-state index contributed by atoms with van der Waals surface area (Å²) in [5.74, 6) is 2.90. The minimum Gasteiger partial charge on any atom is -0.251 e. The summed E-state index contributed by atoms with van der Waals surface area (Å²) >= 11 is 0. The van der Waals surface area contributed by atoms with Gasteiger partial charge in [-0.1, -0.05) is 45.9 Å². The third-order valence-electron chi connectivity index (χ3n) is 9.86. The van der Waals surface area contributed by atoms with Gasteiger partial charge in [-0.2, -0.15) is 0 Å². The Kier molecular flexibility index (Phi) is 3.60. The largest absolute Gasteiger partial charge is 0.251 e. The van der Waals surface area contributed by atoms with E-state index in [0.29, 0.717) is 22.7 Å². The average molecular weight is 422 g/mol. The standard InChI is InChI=1S/C29H31N3/c1-28(2)16-12-20(28)18-8-10-24(31-26(18)14-16)22-6-5-7-23(30-22)25-11-9-19-21-13-17(29(21,3)4)15-27(19)32-25/h5-11,16-17,20-21H,12-15H2,1-4H3. The van der Waals surface area contributed by atoms with Crippen LogP contribution in [0.3, 0.4) is 0 Å². The van der Waals surface area contributed by atoms with Crippen molar-refractivity contribution < 1.29 is 0 Å². The summed E-state index contributed by atoms with van der Waals surface area (Å²) in [5.41, 5.74) is 10.3. The van der Waals surface area contributed by atoms with Crippen LogP contribution in [-0.4, -0.2) is 15.0 Å². The lowest BCUT2D eigenvalue weighted by Gasteiger charge is -2.56. The third-order valence-corrected chi connectivity index (χ3v) is 9.86. The van der Waals surface area contributed by atoms with Crippen molar-refractivity contribution in [1.29, 1.82) is 0 Å². The third kappa shape index (κ3) is 2.40. The summed E-state index contributed by atoms with van der Waals surface area (Å²) in [6.07, 6.45) is 4.88. The lowest BCUT2D eigenvalue weighted by molar-refractivity contribution is 0.0170. The van der Waals surface area contributed by atoms with Gasteiger partial charge in [0.2, 0.25) is 0 Å². The van der Waals surface area contributed by atoms with Gasteiger partial charge in [-0.25, -0.2) is 4.98 Å². The van der Waals surface area contributed by atoms with Crippen LogP contribution >= 0.6 is 0 Å². The second-order valence-electron chi connectivity index (χ2n) is 11.9. The summed E-state index contributed by atoms with van der Waals surface area (Å²) in [6, 6.07) is 15.3. The predicted molar refractivity (Wildman–Crippen MR) is 127 cm³/mol. The molecule has 0 N–H and O–H groups in total. The fourth-order valence-corrected chi connectivity index (χ4v) is 7.24. The molecule has 0 saturated heterocycles. The van der Waals surface area contributed by atoms with Crippen LogP contribution in [0.25, 0.3) is 22.8 Å². The van der Waals surface area contributed by atoms with Crippen molar-refractivity contribution >= 4 is 0 Å². The van der Waals surface area contributed by atoms with E-state index in [9.17, 15) is 0 Å². The highest BCUT2D eigenvalue weighted by Gasteiger charge is 2.53. The lowest BCUT2D eigenvalue weighted by atomic mass is 9.48. The number of hydrogen-bond donors (Lipinski definition) is 0. The summed E-state index contributed by atoms with van der Waals surface area (Å²) in [4.78, 5) is 15.2. The normalized spacial score (nSPS) is 29.9. The van der Waals surface area contributed by atoms with Crippen LogP contribution in [0.2, 0.25) is 0 Å². The fourth-order valence-electron chi connectivity index (χ4n) is 7.24. The van der Waals surface area contributed by atoms with Crippen molar-refractivity contribution in [2.24, 2.45) is 22.7 Å². The molecule has 6 aliphatic rings. The number of aromatic nitrogens is 3. The predicted octanol–water partition coefficient (Wildman–Crippen LogP) is 6.58. The molecule has 6 aliphatic carbocycles. The van der Waals surface area contributed by atoms with Crippen LogP contribution < -0.4 is 0 Å². The molecule has 0 aromatic carbocycles. The van der Waals surface area contributed by atoms with Gasteiger partial charge in [-0.3, -0.25) is 9.97 Å². The first-order valence-corrected chi connectivity index (χ1v) is 12.3. The van der Waals surface area contributed by atoms with Crippen LogP contribution in [0.1, 0.15) is 74.9 Å². The molecular weight excluding hydrogens is 390 g/mol. The number of hydrogen-bond acceptors (Lipinski definition) is 3. The van der Waals surface area contributed by atoms with Crippen molar-refractivity contribution in [1.82, 2.24) is 15.0 Å². The Morgan fingerprint density at radius 3 is 1.47 bits per heavy atom. The molecule has 0 radical (unpaired) electrons. The first kappa shape index (κ1) is 19.0. The van der Waals surface area contributed by atoms with Gasteiger partial charge in [0.15, 0.2) is 0 Å². The van der Waals surface area contributed by atoms with Gasteiger partial charge in [0.05, 0.1) is 22.8 Å². The van der Waals surface area contributed by atoms with Gasteiger partial charge in [-0.15, -0.1) is 0 Å². The molecule has 0 aliphatic heterocycles. The van der Waals surface area contributed by atoms with Gasteiger partial charge in [-0.05, 0) is 95.6 Å². The molecule has 3 aromatic rings. The summed E-state index contributed by atoms with van der Waals surface area (Å²) < 4.78 is 0. The molecule has 0 amide bonds. The molecule has 32 heavy (non-hydrogen) atoms. The van der Waals surface area contributed by atoms with Crippen molar-refractivity contribution in [2.45, 2.75) is 65.2 Å². The van der Waals surface area contributed by atoms with Gasteiger partial charge in [0, 0.05) is 11.4 Å². The molecule has 4 atom stereocenters. The van der Waals surface area contributed by atoms with Crippen molar-refractivity contribution in [3.8, 4) is 22.8 Å². The monoisotopic (exact) mass is 421 g/mol. The Morgan fingerprint density at radius 1 is 0.594 bits per heavy atom. The van der Waals surface area contributed by atoms with Crippen molar-refractivity contribution in [3.05, 3.63) is 65.0 Å². The summed E-state index contributed by atoms with van der Waals surface area (Å²) in [6.45, 7) is 9.68. The quantitative estimate of drug-likeness (QED) is 0.469. The van der Waals surface area contributed by atoms with Gasteiger partial charge >= 0.3 is 0 Å². The number of pyridine rings is 3. The summed E-state index contributed by atoms with van der Waals surface area (Å²) in [5, 5.41) is 0. The molecule has 3 heterocycles. The van der Waals surface area contributed by atoms with Gasteiger partial charge in [0.1, 0.15) is 0 Å². The van der Waals surface area contributed by atoms with E-state index < -0.39 is 0 Å². The molecule has 0 spiro atoms. The SMILES string of the molecule is CC1(C)C2Cc3nc(-c4cccc(-c5ccc6c(n5)CC5CC6C5(C)C)n4)ccc3C1C2. The molecule has 2 fully saturated rings. The fraction of sp³-hybridized carbons (Fsp3) is 0.483. The van der Waals surface area contributed by atoms with Crippen LogP contribution in [0.4, 0.5) is 0 Å². The molecular formula is C29H31N3. The highest BCUT2D eigenvalue weighted by Crippen LogP contribution is 2.62. The molecule has 3 heteroatoms. The number of rotatable bonds is 2. The van der Waals surface area contributed by atoms with Crippen LogP contribution in [-0.2, 0) is 12.8 Å². The number of nitrogens with zero attached hydrogens (tertiary/aromatic N) is 3. The maximum absolute atomic E-state index is 5.08. The van der Waals surface area contributed by atoms with E-state index in [1.165, 1.54) is 35.4 Å². The van der Waals surface area contributed by atoms with E-state index >= 15 is 0 Å². The molecule has 4 bridgehead atoms. The van der Waals surface area contributed by atoms with Crippen LogP contribution in [0.15, 0.2) is 42.5 Å². The maximum atomic E-state index is 5.08. The van der Waals surface area contributed by atoms with Gasteiger partial charge in [0.25, 0.3) is 0 Å². The smallest absolute Gasteiger partial charge is 0.0894 e.